The van der Waals surface area contributed by atoms with E-state index in [1.807, 2.05) is 6.07 Å². The van der Waals surface area contributed by atoms with Gasteiger partial charge >= 0.3 is 0 Å². The van der Waals surface area contributed by atoms with Crippen LogP contribution in [0.15, 0.2) is 21.1 Å². The van der Waals surface area contributed by atoms with Gasteiger partial charge in [-0.25, -0.2) is 0 Å². The van der Waals surface area contributed by atoms with Crippen LogP contribution in [0.3, 0.4) is 0 Å². The van der Waals surface area contributed by atoms with Crippen LogP contribution in [-0.2, 0) is 6.54 Å². The molecular formula is C16H21N3O3. The SMILES string of the molecule is Cc1noc([C@H]2C[C@@H](O)CN2Cc2ccc([C@H]3C[C@@H]3C)o2)n1. The molecule has 0 spiro atoms. The molecule has 0 amide bonds. The van der Waals surface area contributed by atoms with E-state index in [1.165, 1.54) is 6.42 Å². The molecule has 2 aromatic heterocycles. The molecule has 0 bridgehead atoms. The number of β-amino-alcohol motifs (C(OH)–C–C–N with tert-alkyl or cyclic N) is 1. The zero-order valence-electron chi connectivity index (χ0n) is 12.9. The Morgan fingerprint density at radius 1 is 1.36 bits per heavy atom. The summed E-state index contributed by atoms with van der Waals surface area (Å²) in [6.07, 6.45) is 1.48. The summed E-state index contributed by atoms with van der Waals surface area (Å²) in [7, 11) is 0. The molecule has 4 atom stereocenters. The monoisotopic (exact) mass is 303 g/mol. The van der Waals surface area contributed by atoms with Crippen LogP contribution in [0.5, 0.6) is 0 Å². The van der Waals surface area contributed by atoms with Crippen molar-refractivity contribution in [2.45, 2.75) is 51.3 Å². The number of likely N-dealkylation sites (tertiary alicyclic amines) is 1. The Bertz CT molecular complexity index is 665. The van der Waals surface area contributed by atoms with Crippen molar-refractivity contribution in [2.75, 3.05) is 6.54 Å². The molecule has 6 nitrogen and oxygen atoms in total. The maximum atomic E-state index is 9.99. The van der Waals surface area contributed by atoms with E-state index < -0.39 is 0 Å². The number of rotatable bonds is 4. The standard InChI is InChI=1S/C16H21N3O3/c1-9-5-13(9)15-4-3-12(21-15)8-19-7-11(20)6-14(19)16-17-10(2)18-22-16/h3-4,9,11,13-14,20H,5-8H2,1-2H3/t9-,11+,13-,14+/m0/s1. The van der Waals surface area contributed by atoms with Gasteiger partial charge in [-0.15, -0.1) is 0 Å². The fraction of sp³-hybridized carbons (Fsp3) is 0.625. The Hall–Kier alpha value is -1.66. The molecule has 118 valence electrons. The lowest BCUT2D eigenvalue weighted by Gasteiger charge is -2.19. The largest absolute Gasteiger partial charge is 0.464 e. The van der Waals surface area contributed by atoms with E-state index >= 15 is 0 Å². The van der Waals surface area contributed by atoms with Gasteiger partial charge in [-0.3, -0.25) is 4.90 Å². The van der Waals surface area contributed by atoms with Gasteiger partial charge < -0.3 is 14.0 Å². The molecule has 1 N–H and O–H groups in total. The average molecular weight is 303 g/mol. The highest BCUT2D eigenvalue weighted by atomic mass is 16.5. The van der Waals surface area contributed by atoms with Gasteiger partial charge in [-0.1, -0.05) is 12.1 Å². The van der Waals surface area contributed by atoms with E-state index in [0.717, 1.165) is 17.4 Å². The number of nitrogens with zero attached hydrogens (tertiary/aromatic N) is 3. The average Bonchev–Trinajstić information content (AvgIpc) is 2.89. The van der Waals surface area contributed by atoms with E-state index in [-0.39, 0.29) is 12.1 Å². The molecule has 2 fully saturated rings. The molecule has 1 aliphatic carbocycles. The zero-order valence-corrected chi connectivity index (χ0v) is 12.9. The van der Waals surface area contributed by atoms with Gasteiger partial charge in [0.05, 0.1) is 18.7 Å². The molecule has 4 rings (SSSR count). The molecule has 0 aromatic carbocycles. The van der Waals surface area contributed by atoms with Crippen LogP contribution in [0.25, 0.3) is 0 Å². The number of aliphatic hydroxyl groups excluding tert-OH is 1. The van der Waals surface area contributed by atoms with Crippen molar-refractivity contribution in [3.63, 3.8) is 0 Å². The first kappa shape index (κ1) is 14.0. The van der Waals surface area contributed by atoms with Crippen molar-refractivity contribution in [2.24, 2.45) is 5.92 Å². The Labute approximate surface area is 129 Å². The summed E-state index contributed by atoms with van der Waals surface area (Å²) >= 11 is 0. The minimum absolute atomic E-state index is 0.0374. The molecule has 0 unspecified atom stereocenters. The number of furan rings is 1. The van der Waals surface area contributed by atoms with Crippen LogP contribution < -0.4 is 0 Å². The first-order valence-corrected chi connectivity index (χ1v) is 7.91. The smallest absolute Gasteiger partial charge is 0.244 e. The number of aromatic nitrogens is 2. The third-order valence-electron chi connectivity index (χ3n) is 4.73. The third-order valence-corrected chi connectivity index (χ3v) is 4.73. The van der Waals surface area contributed by atoms with E-state index in [4.69, 9.17) is 8.94 Å². The Morgan fingerprint density at radius 3 is 2.86 bits per heavy atom. The third kappa shape index (κ3) is 2.57. The minimum atomic E-state index is -0.366. The predicted octanol–water partition coefficient (Wildman–Crippen LogP) is 2.40. The molecule has 0 radical (unpaired) electrons. The van der Waals surface area contributed by atoms with Crippen molar-refractivity contribution >= 4 is 0 Å². The van der Waals surface area contributed by atoms with E-state index in [9.17, 15) is 5.11 Å². The van der Waals surface area contributed by atoms with Crippen LogP contribution in [0.2, 0.25) is 0 Å². The summed E-state index contributed by atoms with van der Waals surface area (Å²) in [5.41, 5.74) is 0. The van der Waals surface area contributed by atoms with E-state index in [0.29, 0.717) is 37.1 Å². The number of aliphatic hydroxyl groups is 1. The lowest BCUT2D eigenvalue weighted by atomic mass is 10.2. The van der Waals surface area contributed by atoms with Gasteiger partial charge in [0, 0.05) is 12.5 Å². The molecule has 1 saturated carbocycles. The molecular weight excluding hydrogens is 282 g/mol. The first-order valence-electron chi connectivity index (χ1n) is 7.91. The van der Waals surface area contributed by atoms with Gasteiger partial charge in [0.15, 0.2) is 5.82 Å². The van der Waals surface area contributed by atoms with Crippen molar-refractivity contribution in [1.29, 1.82) is 0 Å². The molecule has 2 aliphatic rings. The van der Waals surface area contributed by atoms with Crippen LogP contribution >= 0.6 is 0 Å². The molecule has 1 saturated heterocycles. The number of aryl methyl sites for hydroxylation is 1. The molecule has 1 aliphatic heterocycles. The summed E-state index contributed by atoms with van der Waals surface area (Å²) in [6.45, 7) is 5.31. The summed E-state index contributed by atoms with van der Waals surface area (Å²) in [4.78, 5) is 6.46. The topological polar surface area (TPSA) is 75.5 Å². The summed E-state index contributed by atoms with van der Waals surface area (Å²) in [6, 6.07) is 4.09. The molecule has 22 heavy (non-hydrogen) atoms. The maximum absolute atomic E-state index is 9.99. The van der Waals surface area contributed by atoms with Crippen LogP contribution in [0.1, 0.15) is 55.0 Å². The van der Waals surface area contributed by atoms with Gasteiger partial charge in [-0.2, -0.15) is 4.98 Å². The van der Waals surface area contributed by atoms with Crippen molar-refractivity contribution < 1.29 is 14.0 Å². The van der Waals surface area contributed by atoms with E-state index in [2.05, 4.69) is 28.0 Å². The summed E-state index contributed by atoms with van der Waals surface area (Å²) in [5, 5.41) is 13.8. The maximum Gasteiger partial charge on any atom is 0.244 e. The highest BCUT2D eigenvalue weighted by Crippen LogP contribution is 2.47. The number of hydrogen-bond donors (Lipinski definition) is 1. The minimum Gasteiger partial charge on any atom is -0.464 e. The van der Waals surface area contributed by atoms with Crippen molar-refractivity contribution in [3.05, 3.63) is 35.4 Å². The van der Waals surface area contributed by atoms with E-state index in [1.54, 1.807) is 6.92 Å². The fourth-order valence-electron chi connectivity index (χ4n) is 3.36. The second kappa shape index (κ2) is 5.21. The van der Waals surface area contributed by atoms with Crippen LogP contribution in [0.4, 0.5) is 0 Å². The molecule has 2 aromatic rings. The van der Waals surface area contributed by atoms with Gasteiger partial charge in [-0.05, 0) is 37.8 Å². The van der Waals surface area contributed by atoms with Crippen LogP contribution in [0, 0.1) is 12.8 Å². The predicted molar refractivity (Wildman–Crippen MR) is 78.0 cm³/mol. The fourth-order valence-corrected chi connectivity index (χ4v) is 3.36. The summed E-state index contributed by atoms with van der Waals surface area (Å²) < 4.78 is 11.3. The molecule has 3 heterocycles. The van der Waals surface area contributed by atoms with Gasteiger partial charge in [0.2, 0.25) is 5.89 Å². The second-order valence-electron chi connectivity index (χ2n) is 6.64. The second-order valence-corrected chi connectivity index (χ2v) is 6.64. The van der Waals surface area contributed by atoms with Gasteiger partial charge in [0.1, 0.15) is 11.5 Å². The lowest BCUT2D eigenvalue weighted by Crippen LogP contribution is -2.24. The Morgan fingerprint density at radius 2 is 2.18 bits per heavy atom. The Balaban J connectivity index is 1.49. The first-order chi connectivity index (χ1) is 10.6. The number of hydrogen-bond acceptors (Lipinski definition) is 6. The summed E-state index contributed by atoms with van der Waals surface area (Å²) in [5.74, 6) is 4.56. The lowest BCUT2D eigenvalue weighted by molar-refractivity contribution is 0.162. The van der Waals surface area contributed by atoms with Crippen molar-refractivity contribution in [1.82, 2.24) is 15.0 Å². The quantitative estimate of drug-likeness (QED) is 0.934. The Kier molecular flexibility index (Phi) is 3.31. The van der Waals surface area contributed by atoms with Crippen molar-refractivity contribution in [3.8, 4) is 0 Å². The zero-order chi connectivity index (χ0) is 15.3. The van der Waals surface area contributed by atoms with Gasteiger partial charge in [0.25, 0.3) is 0 Å². The highest BCUT2D eigenvalue weighted by molar-refractivity contribution is 5.18. The van der Waals surface area contributed by atoms with Crippen LogP contribution in [-0.4, -0.2) is 32.8 Å². The molecule has 6 heteroatoms. The highest BCUT2D eigenvalue weighted by Gasteiger charge is 2.38. The normalized spacial score (nSPS) is 31.8.